The Morgan fingerprint density at radius 1 is 1.21 bits per heavy atom. The lowest BCUT2D eigenvalue weighted by Gasteiger charge is -2.33. The molecule has 0 aromatic carbocycles. The lowest BCUT2D eigenvalue weighted by Crippen LogP contribution is -2.44. The summed E-state index contributed by atoms with van der Waals surface area (Å²) in [4.78, 5) is 30.0. The molecule has 4 heterocycles. The van der Waals surface area contributed by atoms with Gasteiger partial charge >= 0.3 is 0 Å². The molecule has 3 aromatic heterocycles. The van der Waals surface area contributed by atoms with E-state index in [1.54, 1.807) is 18.2 Å². The molecule has 0 spiro atoms. The zero-order chi connectivity index (χ0) is 20.2. The number of carbonyl (C=O) groups is 1. The number of morpholine rings is 1. The van der Waals surface area contributed by atoms with Crippen LogP contribution < -0.4 is 10.9 Å². The summed E-state index contributed by atoms with van der Waals surface area (Å²) in [5.74, 6) is 1.70. The van der Waals surface area contributed by atoms with Crippen LogP contribution in [0.15, 0.2) is 56.3 Å². The lowest BCUT2D eigenvalue weighted by molar-refractivity contribution is 0.0117. The van der Waals surface area contributed by atoms with Crippen LogP contribution in [0.5, 0.6) is 0 Å². The maximum Gasteiger partial charge on any atom is 0.261 e. The Morgan fingerprint density at radius 2 is 2.03 bits per heavy atom. The monoisotopic (exact) mass is 397 g/mol. The third-order valence-electron chi connectivity index (χ3n) is 4.97. The number of H-pyrrole nitrogens is 1. The maximum absolute atomic E-state index is 12.7. The van der Waals surface area contributed by atoms with Gasteiger partial charge in [0.1, 0.15) is 22.8 Å². The highest BCUT2D eigenvalue weighted by molar-refractivity contribution is 5.94. The van der Waals surface area contributed by atoms with Crippen molar-refractivity contribution in [3.05, 3.63) is 70.1 Å². The van der Waals surface area contributed by atoms with Crippen molar-refractivity contribution in [1.82, 2.24) is 15.2 Å². The van der Waals surface area contributed by atoms with Gasteiger partial charge in [-0.3, -0.25) is 14.5 Å². The van der Waals surface area contributed by atoms with E-state index in [9.17, 15) is 9.59 Å². The second kappa shape index (κ2) is 8.50. The molecule has 1 aliphatic heterocycles. The molecular weight excluding hydrogens is 374 g/mol. The molecule has 8 nitrogen and oxygen atoms in total. The molecule has 1 amide bonds. The summed E-state index contributed by atoms with van der Waals surface area (Å²) in [6, 6.07) is 10.3. The number of pyridine rings is 1. The number of hydrogen-bond acceptors (Lipinski definition) is 6. The number of nitrogens with zero attached hydrogens (tertiary/aromatic N) is 1. The third kappa shape index (κ3) is 4.33. The summed E-state index contributed by atoms with van der Waals surface area (Å²) in [5.41, 5.74) is 0.110. The van der Waals surface area contributed by atoms with Gasteiger partial charge in [-0.05, 0) is 43.3 Å². The molecule has 0 aliphatic carbocycles. The lowest BCUT2D eigenvalue weighted by atomic mass is 10.1. The van der Waals surface area contributed by atoms with Crippen LogP contribution in [-0.2, 0) is 4.74 Å². The Labute approximate surface area is 167 Å². The molecule has 1 atom stereocenters. The van der Waals surface area contributed by atoms with Crippen LogP contribution in [0, 0.1) is 6.92 Å². The molecule has 0 bridgehead atoms. The molecule has 0 radical (unpaired) electrons. The Kier molecular flexibility index (Phi) is 5.64. The first kappa shape index (κ1) is 19.2. The fraction of sp³-hybridized carbons (Fsp3) is 0.333. The second-order valence-corrected chi connectivity index (χ2v) is 6.91. The summed E-state index contributed by atoms with van der Waals surface area (Å²) in [6.07, 6.45) is 1.52. The number of furan rings is 2. The average molecular weight is 397 g/mol. The van der Waals surface area contributed by atoms with Crippen LogP contribution in [-0.4, -0.2) is 48.6 Å². The van der Waals surface area contributed by atoms with Gasteiger partial charge in [0, 0.05) is 19.6 Å². The first-order valence-corrected chi connectivity index (χ1v) is 9.55. The van der Waals surface area contributed by atoms with Crippen molar-refractivity contribution in [2.24, 2.45) is 0 Å². The molecule has 1 unspecified atom stereocenters. The molecule has 0 saturated carbocycles. The smallest absolute Gasteiger partial charge is 0.261 e. The van der Waals surface area contributed by atoms with Crippen molar-refractivity contribution in [3.8, 4) is 11.5 Å². The van der Waals surface area contributed by atoms with E-state index in [-0.39, 0.29) is 11.6 Å². The number of amides is 1. The van der Waals surface area contributed by atoms with Crippen molar-refractivity contribution in [1.29, 1.82) is 0 Å². The predicted molar refractivity (Wildman–Crippen MR) is 106 cm³/mol. The molecule has 1 saturated heterocycles. The first-order chi connectivity index (χ1) is 14.1. The summed E-state index contributed by atoms with van der Waals surface area (Å²) < 4.78 is 16.5. The van der Waals surface area contributed by atoms with Crippen LogP contribution in [0.2, 0.25) is 0 Å². The largest absolute Gasteiger partial charge is 0.465 e. The topological polar surface area (TPSA) is 101 Å². The molecule has 2 N–H and O–H groups in total. The Balaban J connectivity index is 1.48. The predicted octanol–water partition coefficient (Wildman–Crippen LogP) is 2.34. The van der Waals surface area contributed by atoms with Crippen molar-refractivity contribution < 1.29 is 18.4 Å². The van der Waals surface area contributed by atoms with E-state index < -0.39 is 11.5 Å². The third-order valence-corrected chi connectivity index (χ3v) is 4.97. The molecule has 29 heavy (non-hydrogen) atoms. The number of aromatic nitrogens is 1. The molecule has 1 fully saturated rings. The van der Waals surface area contributed by atoms with Gasteiger partial charge in [-0.25, -0.2) is 0 Å². The van der Waals surface area contributed by atoms with E-state index >= 15 is 0 Å². The standard InChI is InChI=1S/C21H23N3O5/c1-14-4-7-19(29-14)17(24-8-11-27-12-9-24)13-22-20(25)15-5-6-16(23-21(15)26)18-3-2-10-28-18/h2-7,10,17H,8-9,11-13H2,1H3,(H,22,25)(H,23,26). The van der Waals surface area contributed by atoms with Gasteiger partial charge in [0.2, 0.25) is 0 Å². The van der Waals surface area contributed by atoms with Crippen LogP contribution in [0.3, 0.4) is 0 Å². The molecule has 8 heteroatoms. The zero-order valence-electron chi connectivity index (χ0n) is 16.1. The number of ether oxygens (including phenoxy) is 1. The van der Waals surface area contributed by atoms with Gasteiger partial charge in [0.25, 0.3) is 11.5 Å². The fourth-order valence-corrected chi connectivity index (χ4v) is 3.44. The zero-order valence-corrected chi connectivity index (χ0v) is 16.1. The molecule has 3 aromatic rings. The van der Waals surface area contributed by atoms with Crippen LogP contribution in [0.1, 0.15) is 27.9 Å². The summed E-state index contributed by atoms with van der Waals surface area (Å²) in [5, 5.41) is 2.87. The second-order valence-electron chi connectivity index (χ2n) is 6.91. The minimum atomic E-state index is -0.465. The van der Waals surface area contributed by atoms with Gasteiger partial charge in [-0.1, -0.05) is 0 Å². The number of aryl methyl sites for hydroxylation is 1. The SMILES string of the molecule is Cc1ccc(C(CNC(=O)c2ccc(-c3ccco3)[nH]c2=O)N2CCOCC2)o1. The number of aromatic amines is 1. The van der Waals surface area contributed by atoms with E-state index in [0.29, 0.717) is 31.2 Å². The van der Waals surface area contributed by atoms with Gasteiger partial charge in [-0.2, -0.15) is 0 Å². The molecular formula is C21H23N3O5. The Morgan fingerprint density at radius 3 is 2.69 bits per heavy atom. The normalized spacial score (nSPS) is 15.9. The minimum absolute atomic E-state index is 0.0525. The van der Waals surface area contributed by atoms with Gasteiger partial charge in [-0.15, -0.1) is 0 Å². The van der Waals surface area contributed by atoms with Crippen molar-refractivity contribution >= 4 is 5.91 Å². The number of nitrogens with one attached hydrogen (secondary N) is 2. The number of rotatable bonds is 6. The van der Waals surface area contributed by atoms with Crippen molar-refractivity contribution in [3.63, 3.8) is 0 Å². The first-order valence-electron chi connectivity index (χ1n) is 9.55. The highest BCUT2D eigenvalue weighted by Crippen LogP contribution is 2.23. The molecule has 152 valence electrons. The van der Waals surface area contributed by atoms with Crippen molar-refractivity contribution in [2.75, 3.05) is 32.8 Å². The Hall–Kier alpha value is -3.10. The summed E-state index contributed by atoms with van der Waals surface area (Å²) in [7, 11) is 0. The van der Waals surface area contributed by atoms with Crippen molar-refractivity contribution in [2.45, 2.75) is 13.0 Å². The van der Waals surface area contributed by atoms with E-state index in [2.05, 4.69) is 15.2 Å². The van der Waals surface area contributed by atoms with E-state index in [0.717, 1.165) is 24.6 Å². The maximum atomic E-state index is 12.7. The van der Waals surface area contributed by atoms with Crippen LogP contribution in [0.4, 0.5) is 0 Å². The summed E-state index contributed by atoms with van der Waals surface area (Å²) in [6.45, 7) is 4.98. The molecule has 4 rings (SSSR count). The van der Waals surface area contributed by atoms with E-state index in [1.165, 1.54) is 12.3 Å². The van der Waals surface area contributed by atoms with Crippen LogP contribution >= 0.6 is 0 Å². The van der Waals surface area contributed by atoms with E-state index in [1.807, 2.05) is 19.1 Å². The highest BCUT2D eigenvalue weighted by atomic mass is 16.5. The molecule has 1 aliphatic rings. The number of hydrogen-bond donors (Lipinski definition) is 2. The quantitative estimate of drug-likeness (QED) is 0.662. The highest BCUT2D eigenvalue weighted by Gasteiger charge is 2.26. The average Bonchev–Trinajstić information content (AvgIpc) is 3.41. The van der Waals surface area contributed by atoms with Gasteiger partial charge < -0.3 is 23.9 Å². The summed E-state index contributed by atoms with van der Waals surface area (Å²) >= 11 is 0. The van der Waals surface area contributed by atoms with E-state index in [4.69, 9.17) is 13.6 Å². The van der Waals surface area contributed by atoms with Gasteiger partial charge in [0.15, 0.2) is 0 Å². The van der Waals surface area contributed by atoms with Gasteiger partial charge in [0.05, 0.1) is 31.2 Å². The minimum Gasteiger partial charge on any atom is -0.465 e. The number of carbonyl (C=O) groups excluding carboxylic acids is 1. The Bertz CT molecular complexity index is 1020. The fourth-order valence-electron chi connectivity index (χ4n) is 3.44. The van der Waals surface area contributed by atoms with Crippen LogP contribution in [0.25, 0.3) is 11.5 Å².